The molecule has 2 saturated heterocycles. The van der Waals surface area contributed by atoms with Crippen LogP contribution in [0.3, 0.4) is 0 Å². The molecule has 4 heteroatoms. The highest BCUT2D eigenvalue weighted by molar-refractivity contribution is 5.42. The van der Waals surface area contributed by atoms with Crippen LogP contribution in [0.4, 0.5) is 0 Å². The zero-order valence-electron chi connectivity index (χ0n) is 13.3. The molecule has 2 aliphatic heterocycles. The van der Waals surface area contributed by atoms with Crippen molar-refractivity contribution >= 4 is 0 Å². The van der Waals surface area contributed by atoms with Crippen LogP contribution in [0.25, 0.3) is 0 Å². The summed E-state index contributed by atoms with van der Waals surface area (Å²) in [6, 6.07) is 7.64. The largest absolute Gasteiger partial charge is 0.493 e. The molecular formula is C17H26N2O2. The third-order valence-corrected chi connectivity index (χ3v) is 4.90. The molecule has 0 aromatic heterocycles. The fourth-order valence-electron chi connectivity index (χ4n) is 3.68. The summed E-state index contributed by atoms with van der Waals surface area (Å²) in [5, 5.41) is 0. The summed E-state index contributed by atoms with van der Waals surface area (Å²) in [5.74, 6) is 1.62. The van der Waals surface area contributed by atoms with Gasteiger partial charge < -0.3 is 9.47 Å². The van der Waals surface area contributed by atoms with Crippen molar-refractivity contribution in [3.8, 4) is 11.5 Å². The molecule has 0 saturated carbocycles. The molecule has 1 aromatic rings. The predicted octanol–water partition coefficient (Wildman–Crippen LogP) is 2.37. The van der Waals surface area contributed by atoms with Gasteiger partial charge in [-0.15, -0.1) is 0 Å². The van der Waals surface area contributed by atoms with Crippen molar-refractivity contribution in [2.45, 2.75) is 38.4 Å². The van der Waals surface area contributed by atoms with Gasteiger partial charge in [-0.25, -0.2) is 0 Å². The zero-order valence-corrected chi connectivity index (χ0v) is 13.3. The first-order valence-electron chi connectivity index (χ1n) is 7.90. The quantitative estimate of drug-likeness (QED) is 0.850. The van der Waals surface area contributed by atoms with E-state index in [0.717, 1.165) is 24.1 Å². The van der Waals surface area contributed by atoms with Crippen LogP contribution >= 0.6 is 0 Å². The monoisotopic (exact) mass is 290 g/mol. The van der Waals surface area contributed by atoms with Gasteiger partial charge in [0.2, 0.25) is 0 Å². The number of methoxy groups -OCH3 is 2. The topological polar surface area (TPSA) is 24.9 Å². The van der Waals surface area contributed by atoms with Crippen LogP contribution in [-0.2, 0) is 6.54 Å². The number of rotatable bonds is 4. The second-order valence-electron chi connectivity index (χ2n) is 6.26. The Balaban J connectivity index is 1.70. The van der Waals surface area contributed by atoms with E-state index in [-0.39, 0.29) is 0 Å². The van der Waals surface area contributed by atoms with Crippen molar-refractivity contribution in [2.24, 2.45) is 0 Å². The van der Waals surface area contributed by atoms with Gasteiger partial charge in [-0.2, -0.15) is 0 Å². The van der Waals surface area contributed by atoms with E-state index in [2.05, 4.69) is 28.9 Å². The first-order valence-corrected chi connectivity index (χ1v) is 7.90. The third-order valence-electron chi connectivity index (χ3n) is 4.90. The van der Waals surface area contributed by atoms with Crippen LogP contribution in [0.2, 0.25) is 0 Å². The maximum absolute atomic E-state index is 5.41. The Bertz CT molecular complexity index is 492. The van der Waals surface area contributed by atoms with Crippen LogP contribution in [0.5, 0.6) is 11.5 Å². The summed E-state index contributed by atoms with van der Waals surface area (Å²) in [5.41, 5.74) is 1.30. The van der Waals surface area contributed by atoms with Gasteiger partial charge in [0.15, 0.2) is 11.5 Å². The van der Waals surface area contributed by atoms with Crippen molar-refractivity contribution in [2.75, 3.05) is 33.9 Å². The first kappa shape index (κ1) is 14.7. The minimum Gasteiger partial charge on any atom is -0.493 e. The maximum atomic E-state index is 5.41. The molecule has 3 rings (SSSR count). The molecule has 0 amide bonds. The molecule has 0 N–H and O–H groups in total. The summed E-state index contributed by atoms with van der Waals surface area (Å²) in [4.78, 5) is 5.27. The van der Waals surface area contributed by atoms with E-state index in [1.54, 1.807) is 14.2 Å². The van der Waals surface area contributed by atoms with Gasteiger partial charge in [0.25, 0.3) is 0 Å². The van der Waals surface area contributed by atoms with Gasteiger partial charge in [-0.05, 0) is 44.0 Å². The first-order chi connectivity index (χ1) is 10.2. The number of ether oxygens (including phenoxy) is 2. The Morgan fingerprint density at radius 3 is 2.71 bits per heavy atom. The summed E-state index contributed by atoms with van der Waals surface area (Å²) in [6.07, 6.45) is 2.72. The maximum Gasteiger partial charge on any atom is 0.161 e. The highest BCUT2D eigenvalue weighted by Gasteiger charge is 2.34. The van der Waals surface area contributed by atoms with E-state index in [1.807, 2.05) is 6.07 Å². The van der Waals surface area contributed by atoms with E-state index in [9.17, 15) is 0 Å². The van der Waals surface area contributed by atoms with Gasteiger partial charge in [-0.1, -0.05) is 6.07 Å². The molecule has 0 bridgehead atoms. The van der Waals surface area contributed by atoms with Crippen molar-refractivity contribution < 1.29 is 9.47 Å². The normalized spacial score (nSPS) is 26.6. The number of hydrogen-bond acceptors (Lipinski definition) is 4. The molecule has 4 nitrogen and oxygen atoms in total. The lowest BCUT2D eigenvalue weighted by atomic mass is 10.1. The molecule has 2 fully saturated rings. The smallest absolute Gasteiger partial charge is 0.161 e. The summed E-state index contributed by atoms with van der Waals surface area (Å²) in [7, 11) is 3.38. The highest BCUT2D eigenvalue weighted by Crippen LogP contribution is 2.30. The second kappa shape index (κ2) is 6.24. The van der Waals surface area contributed by atoms with Crippen molar-refractivity contribution in [3.63, 3.8) is 0 Å². The van der Waals surface area contributed by atoms with E-state index in [0.29, 0.717) is 6.04 Å². The Labute approximate surface area is 127 Å². The highest BCUT2D eigenvalue weighted by atomic mass is 16.5. The minimum absolute atomic E-state index is 0.618. The predicted molar refractivity (Wildman–Crippen MR) is 84.0 cm³/mol. The zero-order chi connectivity index (χ0) is 14.8. The molecule has 0 aliphatic carbocycles. The molecule has 1 aromatic carbocycles. The molecule has 116 valence electrons. The lowest BCUT2D eigenvalue weighted by molar-refractivity contribution is 0.0540. The SMILES string of the molecule is COc1ccc(CN2C[C@H]3CCCN3C[C@H]2C)cc1OC. The fourth-order valence-corrected chi connectivity index (χ4v) is 3.68. The van der Waals surface area contributed by atoms with Gasteiger partial charge in [0.1, 0.15) is 0 Å². The van der Waals surface area contributed by atoms with Crippen molar-refractivity contribution in [1.29, 1.82) is 0 Å². The summed E-state index contributed by atoms with van der Waals surface area (Å²) >= 11 is 0. The number of fused-ring (bicyclic) bond motifs is 1. The van der Waals surface area contributed by atoms with Gasteiger partial charge in [0, 0.05) is 31.7 Å². The van der Waals surface area contributed by atoms with Crippen molar-refractivity contribution in [3.05, 3.63) is 23.8 Å². The van der Waals surface area contributed by atoms with E-state index < -0.39 is 0 Å². The van der Waals surface area contributed by atoms with Crippen LogP contribution in [0.1, 0.15) is 25.3 Å². The average molecular weight is 290 g/mol. The lowest BCUT2D eigenvalue weighted by Gasteiger charge is -2.42. The number of piperazine rings is 1. The Kier molecular flexibility index (Phi) is 4.36. The van der Waals surface area contributed by atoms with Crippen LogP contribution in [-0.4, -0.2) is 55.7 Å². The van der Waals surface area contributed by atoms with Crippen LogP contribution in [0, 0.1) is 0 Å². The molecule has 0 unspecified atom stereocenters. The van der Waals surface area contributed by atoms with Crippen LogP contribution in [0.15, 0.2) is 18.2 Å². The Hall–Kier alpha value is -1.26. The van der Waals surface area contributed by atoms with E-state index in [1.165, 1.54) is 38.0 Å². The van der Waals surface area contributed by atoms with Crippen LogP contribution < -0.4 is 9.47 Å². The van der Waals surface area contributed by atoms with Gasteiger partial charge in [-0.3, -0.25) is 9.80 Å². The molecule has 2 heterocycles. The van der Waals surface area contributed by atoms with Crippen molar-refractivity contribution in [1.82, 2.24) is 9.80 Å². The second-order valence-corrected chi connectivity index (χ2v) is 6.26. The molecular weight excluding hydrogens is 264 g/mol. The van der Waals surface area contributed by atoms with Gasteiger partial charge in [0.05, 0.1) is 14.2 Å². The third kappa shape index (κ3) is 3.01. The van der Waals surface area contributed by atoms with Gasteiger partial charge >= 0.3 is 0 Å². The molecule has 2 aliphatic rings. The molecule has 0 spiro atoms. The lowest BCUT2D eigenvalue weighted by Crippen LogP contribution is -2.54. The Morgan fingerprint density at radius 2 is 1.95 bits per heavy atom. The van der Waals surface area contributed by atoms with E-state index >= 15 is 0 Å². The molecule has 0 radical (unpaired) electrons. The standard InChI is InChI=1S/C17H26N2O2/c1-13-10-18-8-4-5-15(18)12-19(13)11-14-6-7-16(20-2)17(9-14)21-3/h6-7,9,13,15H,4-5,8,10-12H2,1-3H3/t13-,15-/m1/s1. The summed E-state index contributed by atoms with van der Waals surface area (Å²) in [6.45, 7) is 7.02. The summed E-state index contributed by atoms with van der Waals surface area (Å²) < 4.78 is 10.7. The molecule has 21 heavy (non-hydrogen) atoms. The fraction of sp³-hybridized carbons (Fsp3) is 0.647. The van der Waals surface area contributed by atoms with E-state index in [4.69, 9.17) is 9.47 Å². The number of benzene rings is 1. The minimum atomic E-state index is 0.618. The number of hydrogen-bond donors (Lipinski definition) is 0. The average Bonchev–Trinajstić information content (AvgIpc) is 2.94. The number of nitrogens with zero attached hydrogens (tertiary/aromatic N) is 2. The Morgan fingerprint density at radius 1 is 1.14 bits per heavy atom. The molecule has 2 atom stereocenters.